The third-order valence-corrected chi connectivity index (χ3v) is 5.35. The van der Waals surface area contributed by atoms with Crippen molar-refractivity contribution in [2.45, 2.75) is 19.4 Å². The lowest BCUT2D eigenvalue weighted by Gasteiger charge is -2.16. The zero-order chi connectivity index (χ0) is 21.6. The van der Waals surface area contributed by atoms with Gasteiger partial charge in [-0.15, -0.1) is 0 Å². The summed E-state index contributed by atoms with van der Waals surface area (Å²) in [5.74, 6) is 1.08. The molecule has 0 radical (unpaired) electrons. The quantitative estimate of drug-likeness (QED) is 0.396. The van der Waals surface area contributed by atoms with Crippen LogP contribution < -0.4 is 14.8 Å². The largest absolute Gasteiger partial charge is 0.497 e. The first-order valence-electron chi connectivity index (χ1n) is 10.3. The number of carbonyl (C=O) groups is 1. The number of ether oxygens (including phenoxy) is 2. The van der Waals surface area contributed by atoms with E-state index in [-0.39, 0.29) is 11.8 Å². The van der Waals surface area contributed by atoms with Gasteiger partial charge in [0.25, 0.3) is 0 Å². The number of hydrogen-bond acceptors (Lipinski definition) is 3. The Balaban J connectivity index is 1.48. The summed E-state index contributed by atoms with van der Waals surface area (Å²) in [6.45, 7) is 2.35. The second kappa shape index (κ2) is 9.35. The van der Waals surface area contributed by atoms with Crippen LogP contribution in [0, 0.1) is 0 Å². The van der Waals surface area contributed by atoms with E-state index in [1.54, 1.807) is 7.11 Å². The molecule has 0 aromatic heterocycles. The molecule has 0 saturated heterocycles. The summed E-state index contributed by atoms with van der Waals surface area (Å²) in [6, 6.07) is 29.5. The minimum atomic E-state index is -0.311. The van der Waals surface area contributed by atoms with Crippen molar-refractivity contribution in [1.29, 1.82) is 0 Å². The third kappa shape index (κ3) is 4.86. The van der Waals surface area contributed by atoms with Crippen LogP contribution in [-0.2, 0) is 11.4 Å². The van der Waals surface area contributed by atoms with Crippen LogP contribution in [0.4, 0.5) is 5.69 Å². The highest BCUT2D eigenvalue weighted by Gasteiger charge is 2.17. The van der Waals surface area contributed by atoms with E-state index in [4.69, 9.17) is 9.47 Å². The fraction of sp³-hybridized carbons (Fsp3) is 0.148. The summed E-state index contributed by atoms with van der Waals surface area (Å²) in [4.78, 5) is 13.0. The molecule has 4 nitrogen and oxygen atoms in total. The fourth-order valence-corrected chi connectivity index (χ4v) is 3.46. The van der Waals surface area contributed by atoms with Gasteiger partial charge in [0.05, 0.1) is 18.7 Å². The van der Waals surface area contributed by atoms with Gasteiger partial charge in [-0.25, -0.2) is 0 Å². The van der Waals surface area contributed by atoms with Crippen LogP contribution in [0.15, 0.2) is 91.0 Å². The van der Waals surface area contributed by atoms with Crippen molar-refractivity contribution in [2.24, 2.45) is 0 Å². The van der Waals surface area contributed by atoms with Gasteiger partial charge < -0.3 is 14.8 Å². The van der Waals surface area contributed by atoms with E-state index in [0.29, 0.717) is 18.0 Å². The van der Waals surface area contributed by atoms with Crippen LogP contribution >= 0.6 is 0 Å². The molecule has 4 rings (SSSR count). The van der Waals surface area contributed by atoms with Crippen LogP contribution in [0.2, 0.25) is 0 Å². The molecular formula is C27H25NO3. The Hall–Kier alpha value is -3.79. The maximum absolute atomic E-state index is 13.0. The summed E-state index contributed by atoms with van der Waals surface area (Å²) in [6.07, 6.45) is 0. The van der Waals surface area contributed by atoms with E-state index in [9.17, 15) is 4.79 Å². The van der Waals surface area contributed by atoms with Crippen LogP contribution in [0.25, 0.3) is 10.8 Å². The molecule has 0 unspecified atom stereocenters. The van der Waals surface area contributed by atoms with Crippen molar-refractivity contribution in [2.75, 3.05) is 12.4 Å². The summed E-state index contributed by atoms with van der Waals surface area (Å²) >= 11 is 0. The van der Waals surface area contributed by atoms with Crippen molar-refractivity contribution in [3.05, 3.63) is 102 Å². The number of benzene rings is 4. The molecule has 0 aliphatic carbocycles. The molecular weight excluding hydrogens is 386 g/mol. The lowest BCUT2D eigenvalue weighted by atomic mass is 9.97. The Kier molecular flexibility index (Phi) is 6.18. The molecule has 4 aromatic rings. The number of fused-ring (bicyclic) bond motifs is 1. The molecule has 4 aromatic carbocycles. The monoisotopic (exact) mass is 411 g/mol. The Labute approximate surface area is 182 Å². The first-order chi connectivity index (χ1) is 15.1. The van der Waals surface area contributed by atoms with Crippen molar-refractivity contribution in [1.82, 2.24) is 0 Å². The van der Waals surface area contributed by atoms with Gasteiger partial charge in [0, 0.05) is 0 Å². The summed E-state index contributed by atoms with van der Waals surface area (Å²) in [5.41, 5.74) is 2.70. The van der Waals surface area contributed by atoms with Crippen molar-refractivity contribution >= 4 is 22.4 Å². The third-order valence-electron chi connectivity index (χ3n) is 5.35. The highest BCUT2D eigenvalue weighted by molar-refractivity contribution is 5.97. The maximum Gasteiger partial charge on any atom is 0.231 e. The van der Waals surface area contributed by atoms with E-state index >= 15 is 0 Å². The Morgan fingerprint density at radius 1 is 0.871 bits per heavy atom. The predicted molar refractivity (Wildman–Crippen MR) is 125 cm³/mol. The second-order valence-electron chi connectivity index (χ2n) is 7.45. The second-order valence-corrected chi connectivity index (χ2v) is 7.45. The average Bonchev–Trinajstić information content (AvgIpc) is 2.83. The SMILES string of the molecule is COc1ccc2cc([C@H](C)C(=O)Nc3ccccc3OCc3ccccc3)ccc2c1. The molecule has 156 valence electrons. The molecule has 0 aliphatic heterocycles. The van der Waals surface area contributed by atoms with Crippen LogP contribution in [0.5, 0.6) is 11.5 Å². The van der Waals surface area contributed by atoms with Crippen LogP contribution in [-0.4, -0.2) is 13.0 Å². The molecule has 1 atom stereocenters. The number of carbonyl (C=O) groups excluding carboxylic acids is 1. The number of rotatable bonds is 7. The number of amides is 1. The van der Waals surface area contributed by atoms with Crippen LogP contribution in [0.1, 0.15) is 24.0 Å². The highest BCUT2D eigenvalue weighted by atomic mass is 16.5. The van der Waals surface area contributed by atoms with E-state index in [1.165, 1.54) is 0 Å². The van der Waals surface area contributed by atoms with Crippen molar-refractivity contribution in [3.8, 4) is 11.5 Å². The maximum atomic E-state index is 13.0. The fourth-order valence-electron chi connectivity index (χ4n) is 3.46. The summed E-state index contributed by atoms with van der Waals surface area (Å²) < 4.78 is 11.3. The molecule has 0 bridgehead atoms. The number of anilines is 1. The van der Waals surface area contributed by atoms with Gasteiger partial charge in [-0.05, 0) is 53.1 Å². The van der Waals surface area contributed by atoms with Gasteiger partial charge in [0.15, 0.2) is 0 Å². The van der Waals surface area contributed by atoms with Gasteiger partial charge in [-0.1, -0.05) is 66.7 Å². The molecule has 1 amide bonds. The number of nitrogens with one attached hydrogen (secondary N) is 1. The predicted octanol–water partition coefficient (Wildman–Crippen LogP) is 6.17. The van der Waals surface area contributed by atoms with Gasteiger partial charge in [-0.2, -0.15) is 0 Å². The van der Waals surface area contributed by atoms with Gasteiger partial charge in [0.2, 0.25) is 5.91 Å². The van der Waals surface area contributed by atoms with E-state index in [2.05, 4.69) is 11.4 Å². The highest BCUT2D eigenvalue weighted by Crippen LogP contribution is 2.29. The van der Waals surface area contributed by atoms with E-state index < -0.39 is 0 Å². The molecule has 0 fully saturated rings. The summed E-state index contributed by atoms with van der Waals surface area (Å²) in [5, 5.41) is 5.18. The average molecular weight is 412 g/mol. The number of methoxy groups -OCH3 is 1. The number of hydrogen-bond donors (Lipinski definition) is 1. The summed E-state index contributed by atoms with van der Waals surface area (Å²) in [7, 11) is 1.66. The number of para-hydroxylation sites is 2. The standard InChI is InChI=1S/C27H25NO3/c1-19(21-12-13-23-17-24(30-2)15-14-22(23)16-21)27(29)28-25-10-6-7-11-26(25)31-18-20-8-4-3-5-9-20/h3-17,19H,18H2,1-2H3,(H,28,29)/t19-/m0/s1. The Morgan fingerprint density at radius 2 is 1.58 bits per heavy atom. The smallest absolute Gasteiger partial charge is 0.231 e. The Morgan fingerprint density at radius 3 is 2.39 bits per heavy atom. The molecule has 0 heterocycles. The molecule has 0 spiro atoms. The van der Waals surface area contributed by atoms with Gasteiger partial charge in [0.1, 0.15) is 18.1 Å². The molecule has 4 heteroatoms. The minimum absolute atomic E-state index is 0.0800. The molecule has 0 saturated carbocycles. The van der Waals surface area contributed by atoms with Gasteiger partial charge >= 0.3 is 0 Å². The first-order valence-corrected chi connectivity index (χ1v) is 10.3. The van der Waals surface area contributed by atoms with E-state index in [1.807, 2.05) is 91.9 Å². The van der Waals surface area contributed by atoms with Crippen molar-refractivity contribution in [3.63, 3.8) is 0 Å². The molecule has 1 N–H and O–H groups in total. The molecule has 31 heavy (non-hydrogen) atoms. The lowest BCUT2D eigenvalue weighted by molar-refractivity contribution is -0.117. The lowest BCUT2D eigenvalue weighted by Crippen LogP contribution is -2.19. The van der Waals surface area contributed by atoms with Gasteiger partial charge in [-0.3, -0.25) is 4.79 Å². The molecule has 0 aliphatic rings. The topological polar surface area (TPSA) is 47.6 Å². The van der Waals surface area contributed by atoms with Crippen LogP contribution in [0.3, 0.4) is 0 Å². The van der Waals surface area contributed by atoms with E-state index in [0.717, 1.165) is 27.6 Å². The first kappa shape index (κ1) is 20.5. The Bertz CT molecular complexity index is 1190. The normalized spacial score (nSPS) is 11.7. The van der Waals surface area contributed by atoms with Crippen molar-refractivity contribution < 1.29 is 14.3 Å². The minimum Gasteiger partial charge on any atom is -0.497 e. The zero-order valence-electron chi connectivity index (χ0n) is 17.7. The zero-order valence-corrected chi connectivity index (χ0v) is 17.7.